The maximum absolute atomic E-state index is 12.2. The van der Waals surface area contributed by atoms with Crippen LogP contribution in [0.2, 0.25) is 0 Å². The summed E-state index contributed by atoms with van der Waals surface area (Å²) in [7, 11) is 1.61. The Bertz CT molecular complexity index is 866. The fourth-order valence-electron chi connectivity index (χ4n) is 2.30. The smallest absolute Gasteiger partial charge is 0.287 e. The van der Waals surface area contributed by atoms with Crippen molar-refractivity contribution in [2.45, 2.75) is 6.92 Å². The number of fused-ring (bicyclic) bond motifs is 1. The average molecular weight is 307 g/mol. The summed E-state index contributed by atoms with van der Waals surface area (Å²) in [5, 5.41) is 5.06. The van der Waals surface area contributed by atoms with Gasteiger partial charge in [0.25, 0.3) is 5.91 Å². The van der Waals surface area contributed by atoms with E-state index in [9.17, 15) is 4.79 Å². The molecule has 3 rings (SSSR count). The molecule has 5 heteroatoms. The van der Waals surface area contributed by atoms with Gasteiger partial charge in [-0.05, 0) is 36.8 Å². The van der Waals surface area contributed by atoms with Gasteiger partial charge < -0.3 is 9.72 Å². The molecule has 2 N–H and O–H groups in total. The number of hydrogen-bond acceptors (Lipinski definition) is 3. The summed E-state index contributed by atoms with van der Waals surface area (Å²) in [6.07, 6.45) is 0. The van der Waals surface area contributed by atoms with Crippen LogP contribution < -0.4 is 10.2 Å². The van der Waals surface area contributed by atoms with Crippen LogP contribution in [0.25, 0.3) is 10.9 Å². The number of nitrogens with one attached hydrogen (secondary N) is 2. The number of ether oxygens (including phenoxy) is 1. The molecule has 0 fully saturated rings. The van der Waals surface area contributed by atoms with Crippen molar-refractivity contribution in [1.82, 2.24) is 10.4 Å². The number of aromatic amines is 1. The van der Waals surface area contributed by atoms with Crippen molar-refractivity contribution < 1.29 is 9.53 Å². The number of aromatic nitrogens is 1. The van der Waals surface area contributed by atoms with E-state index in [0.29, 0.717) is 5.69 Å². The lowest BCUT2D eigenvalue weighted by atomic mass is 10.1. The molecular weight excluding hydrogens is 290 g/mol. The van der Waals surface area contributed by atoms with Crippen LogP contribution in [0.15, 0.2) is 59.7 Å². The van der Waals surface area contributed by atoms with Crippen molar-refractivity contribution in [3.8, 4) is 5.75 Å². The van der Waals surface area contributed by atoms with Crippen LogP contribution in [0.4, 0.5) is 0 Å². The van der Waals surface area contributed by atoms with Crippen LogP contribution in [0.5, 0.6) is 5.75 Å². The third kappa shape index (κ3) is 3.23. The van der Waals surface area contributed by atoms with Gasteiger partial charge in [-0.15, -0.1) is 0 Å². The number of benzene rings is 2. The second-order valence-corrected chi connectivity index (χ2v) is 5.14. The summed E-state index contributed by atoms with van der Waals surface area (Å²) in [5.74, 6) is 0.469. The highest BCUT2D eigenvalue weighted by Gasteiger charge is 2.09. The predicted octanol–water partition coefficient (Wildman–Crippen LogP) is 3.33. The lowest BCUT2D eigenvalue weighted by Crippen LogP contribution is -2.19. The molecule has 1 amide bonds. The normalized spacial score (nSPS) is 11.5. The number of H-pyrrole nitrogens is 1. The monoisotopic (exact) mass is 307 g/mol. The molecule has 23 heavy (non-hydrogen) atoms. The number of rotatable bonds is 4. The van der Waals surface area contributed by atoms with E-state index in [1.165, 1.54) is 0 Å². The summed E-state index contributed by atoms with van der Waals surface area (Å²) in [6.45, 7) is 1.85. The van der Waals surface area contributed by atoms with Gasteiger partial charge in [0.2, 0.25) is 0 Å². The molecule has 2 aromatic carbocycles. The lowest BCUT2D eigenvalue weighted by molar-refractivity contribution is 0.0950. The summed E-state index contributed by atoms with van der Waals surface area (Å²) in [5.41, 5.74) is 5.62. The van der Waals surface area contributed by atoms with E-state index in [1.54, 1.807) is 13.2 Å². The van der Waals surface area contributed by atoms with E-state index in [1.807, 2.05) is 55.5 Å². The average Bonchev–Trinajstić information content (AvgIpc) is 3.03. The molecule has 0 spiro atoms. The maximum atomic E-state index is 12.2. The molecule has 1 heterocycles. The number of carbonyl (C=O) groups excluding carboxylic acids is 1. The Labute approximate surface area is 134 Å². The highest BCUT2D eigenvalue weighted by Crippen LogP contribution is 2.21. The molecule has 0 aliphatic rings. The van der Waals surface area contributed by atoms with Crippen molar-refractivity contribution in [2.75, 3.05) is 7.11 Å². The van der Waals surface area contributed by atoms with Crippen molar-refractivity contribution in [1.29, 1.82) is 0 Å². The number of nitrogens with zero attached hydrogens (tertiary/aromatic N) is 1. The molecule has 0 saturated heterocycles. The number of methoxy groups -OCH3 is 1. The molecular formula is C18H17N3O2. The van der Waals surface area contributed by atoms with Crippen LogP contribution in [-0.2, 0) is 0 Å². The standard InChI is InChI=1S/C18H17N3O2/c1-12(13-6-4-3-5-7-13)20-21-18(22)17-11-14-10-15(23-2)8-9-16(14)19-17/h3-11,19H,1-2H3,(H,21,22)/b20-12+. The van der Waals surface area contributed by atoms with Gasteiger partial charge in [0, 0.05) is 10.9 Å². The number of hydrogen-bond donors (Lipinski definition) is 2. The zero-order chi connectivity index (χ0) is 16.2. The van der Waals surface area contributed by atoms with Crippen LogP contribution in [0.3, 0.4) is 0 Å². The minimum absolute atomic E-state index is 0.282. The Morgan fingerprint density at radius 3 is 2.65 bits per heavy atom. The van der Waals surface area contributed by atoms with Gasteiger partial charge in [0.05, 0.1) is 12.8 Å². The van der Waals surface area contributed by atoms with Gasteiger partial charge >= 0.3 is 0 Å². The van der Waals surface area contributed by atoms with Gasteiger partial charge in [-0.1, -0.05) is 30.3 Å². The fraction of sp³-hybridized carbons (Fsp3) is 0.111. The zero-order valence-corrected chi connectivity index (χ0v) is 13.0. The Morgan fingerprint density at radius 1 is 1.13 bits per heavy atom. The van der Waals surface area contributed by atoms with Crippen LogP contribution >= 0.6 is 0 Å². The number of amides is 1. The van der Waals surface area contributed by atoms with Gasteiger partial charge in [0.1, 0.15) is 11.4 Å². The predicted molar refractivity (Wildman–Crippen MR) is 91.0 cm³/mol. The zero-order valence-electron chi connectivity index (χ0n) is 13.0. The molecule has 0 aliphatic carbocycles. The third-order valence-corrected chi connectivity index (χ3v) is 3.59. The maximum Gasteiger partial charge on any atom is 0.287 e. The largest absolute Gasteiger partial charge is 0.497 e. The summed E-state index contributed by atoms with van der Waals surface area (Å²) >= 11 is 0. The van der Waals surface area contributed by atoms with E-state index in [4.69, 9.17) is 4.74 Å². The molecule has 0 aliphatic heterocycles. The molecule has 5 nitrogen and oxygen atoms in total. The van der Waals surface area contributed by atoms with Crippen molar-refractivity contribution in [3.05, 3.63) is 65.9 Å². The van der Waals surface area contributed by atoms with Gasteiger partial charge in [-0.2, -0.15) is 5.10 Å². The summed E-state index contributed by atoms with van der Waals surface area (Å²) in [6, 6.07) is 17.1. The van der Waals surface area contributed by atoms with Gasteiger partial charge in [-0.3, -0.25) is 4.79 Å². The van der Waals surface area contributed by atoms with Crippen molar-refractivity contribution >= 4 is 22.5 Å². The Kier molecular flexibility index (Phi) is 4.10. The molecule has 0 atom stereocenters. The van der Waals surface area contributed by atoms with Gasteiger partial charge in [-0.25, -0.2) is 5.43 Å². The third-order valence-electron chi connectivity index (χ3n) is 3.59. The molecule has 0 saturated carbocycles. The Morgan fingerprint density at radius 2 is 1.91 bits per heavy atom. The topological polar surface area (TPSA) is 66.5 Å². The second kappa shape index (κ2) is 6.36. The molecule has 0 unspecified atom stereocenters. The lowest BCUT2D eigenvalue weighted by Gasteiger charge is -2.01. The van der Waals surface area contributed by atoms with E-state index < -0.39 is 0 Å². The first-order valence-electron chi connectivity index (χ1n) is 7.24. The number of hydrazone groups is 1. The highest BCUT2D eigenvalue weighted by molar-refractivity contribution is 6.01. The van der Waals surface area contributed by atoms with Crippen LogP contribution in [0, 0.1) is 0 Å². The van der Waals surface area contributed by atoms with E-state index in [-0.39, 0.29) is 5.91 Å². The van der Waals surface area contributed by atoms with E-state index in [2.05, 4.69) is 15.5 Å². The minimum Gasteiger partial charge on any atom is -0.497 e. The molecule has 3 aromatic rings. The first-order chi connectivity index (χ1) is 11.2. The van der Waals surface area contributed by atoms with Crippen LogP contribution in [-0.4, -0.2) is 23.7 Å². The first-order valence-corrected chi connectivity index (χ1v) is 7.24. The second-order valence-electron chi connectivity index (χ2n) is 5.14. The molecule has 0 radical (unpaired) electrons. The fourth-order valence-corrected chi connectivity index (χ4v) is 2.30. The highest BCUT2D eigenvalue weighted by atomic mass is 16.5. The van der Waals surface area contributed by atoms with Crippen molar-refractivity contribution in [3.63, 3.8) is 0 Å². The van der Waals surface area contributed by atoms with E-state index >= 15 is 0 Å². The SMILES string of the molecule is COc1ccc2[nH]c(C(=O)N/N=C(\C)c3ccccc3)cc2c1. The van der Waals surface area contributed by atoms with Gasteiger partial charge in [0.15, 0.2) is 0 Å². The summed E-state index contributed by atoms with van der Waals surface area (Å²) in [4.78, 5) is 15.3. The van der Waals surface area contributed by atoms with Crippen molar-refractivity contribution in [2.24, 2.45) is 5.10 Å². The quantitative estimate of drug-likeness (QED) is 0.573. The van der Waals surface area contributed by atoms with Crippen LogP contribution in [0.1, 0.15) is 23.0 Å². The molecule has 116 valence electrons. The molecule has 0 bridgehead atoms. The first kappa shape index (κ1) is 14.8. The Balaban J connectivity index is 1.78. The number of carbonyl (C=O) groups is 1. The molecule has 1 aromatic heterocycles. The van der Waals surface area contributed by atoms with E-state index in [0.717, 1.165) is 27.9 Å². The minimum atomic E-state index is -0.282. The summed E-state index contributed by atoms with van der Waals surface area (Å²) < 4.78 is 5.18. The Hall–Kier alpha value is -3.08.